The molecule has 0 atom stereocenters. The van der Waals surface area contributed by atoms with Gasteiger partial charge < -0.3 is 19.9 Å². The highest BCUT2D eigenvalue weighted by molar-refractivity contribution is 7.92. The third-order valence-corrected chi connectivity index (χ3v) is 6.72. The van der Waals surface area contributed by atoms with Gasteiger partial charge in [0.15, 0.2) is 0 Å². The van der Waals surface area contributed by atoms with E-state index in [9.17, 15) is 13.2 Å². The van der Waals surface area contributed by atoms with Gasteiger partial charge in [0.25, 0.3) is 15.9 Å². The van der Waals surface area contributed by atoms with Gasteiger partial charge in [-0.3, -0.25) is 9.52 Å². The van der Waals surface area contributed by atoms with Crippen LogP contribution in [-0.4, -0.2) is 65.6 Å². The van der Waals surface area contributed by atoms with Gasteiger partial charge >= 0.3 is 0 Å². The number of hydrogen-bond acceptors (Lipinski definition) is 6. The van der Waals surface area contributed by atoms with Gasteiger partial charge in [0.2, 0.25) is 0 Å². The van der Waals surface area contributed by atoms with Crippen LogP contribution in [0.15, 0.2) is 47.4 Å². The Kier molecular flexibility index (Phi) is 7.40. The molecule has 0 spiro atoms. The van der Waals surface area contributed by atoms with E-state index in [1.807, 2.05) is 11.9 Å². The molecule has 1 aliphatic rings. The molecular weight excluding hydrogens is 416 g/mol. The summed E-state index contributed by atoms with van der Waals surface area (Å²) in [5.41, 5.74) is 1.61. The number of hydrogen-bond donors (Lipinski definition) is 2. The lowest BCUT2D eigenvalue weighted by Gasteiger charge is -2.28. The Bertz CT molecular complexity index is 1000. The molecule has 8 nitrogen and oxygen atoms in total. The second-order valence-electron chi connectivity index (χ2n) is 7.37. The lowest BCUT2D eigenvalue weighted by molar-refractivity contribution is 0.0949. The van der Waals surface area contributed by atoms with E-state index in [0.717, 1.165) is 25.3 Å². The van der Waals surface area contributed by atoms with E-state index in [0.29, 0.717) is 36.7 Å². The number of nitrogens with zero attached hydrogens (tertiary/aromatic N) is 2. The highest BCUT2D eigenvalue weighted by atomic mass is 32.2. The van der Waals surface area contributed by atoms with Crippen molar-refractivity contribution in [3.63, 3.8) is 0 Å². The van der Waals surface area contributed by atoms with E-state index < -0.39 is 10.0 Å². The number of amides is 1. The predicted octanol–water partition coefficient (Wildman–Crippen LogP) is 2.39. The summed E-state index contributed by atoms with van der Waals surface area (Å²) in [6.45, 7) is 8.67. The van der Waals surface area contributed by atoms with Gasteiger partial charge in [-0.1, -0.05) is 13.8 Å². The number of ether oxygens (including phenoxy) is 1. The zero-order valence-electron chi connectivity index (χ0n) is 18.2. The van der Waals surface area contributed by atoms with Crippen LogP contribution in [0, 0.1) is 0 Å². The van der Waals surface area contributed by atoms with E-state index >= 15 is 0 Å². The van der Waals surface area contributed by atoms with Gasteiger partial charge in [-0.25, -0.2) is 8.42 Å². The summed E-state index contributed by atoms with van der Waals surface area (Å²) in [7, 11) is -1.87. The Morgan fingerprint density at radius 2 is 1.84 bits per heavy atom. The predicted molar refractivity (Wildman–Crippen MR) is 123 cm³/mol. The Balaban J connectivity index is 1.64. The highest BCUT2D eigenvalue weighted by Crippen LogP contribution is 2.33. The number of rotatable bonds is 9. The largest absolute Gasteiger partial charge is 0.490 e. The van der Waals surface area contributed by atoms with Crippen molar-refractivity contribution in [1.82, 2.24) is 10.2 Å². The highest BCUT2D eigenvalue weighted by Gasteiger charge is 2.21. The van der Waals surface area contributed by atoms with Crippen LogP contribution in [0.3, 0.4) is 0 Å². The van der Waals surface area contributed by atoms with Crippen LogP contribution < -0.4 is 19.7 Å². The molecule has 31 heavy (non-hydrogen) atoms. The lowest BCUT2D eigenvalue weighted by Crippen LogP contribution is -2.34. The average molecular weight is 447 g/mol. The summed E-state index contributed by atoms with van der Waals surface area (Å²) in [4.78, 5) is 16.6. The first kappa shape index (κ1) is 22.9. The van der Waals surface area contributed by atoms with Gasteiger partial charge in [0.1, 0.15) is 12.4 Å². The molecule has 1 amide bonds. The van der Waals surface area contributed by atoms with Crippen molar-refractivity contribution in [3.8, 4) is 5.75 Å². The SMILES string of the molecule is CCN(CC)CCNC(=O)c1ccc(NS(=O)(=O)c2ccc3c(c2)N(C)CCO3)cc1. The molecule has 0 saturated carbocycles. The van der Waals surface area contributed by atoms with Gasteiger partial charge in [0.05, 0.1) is 17.1 Å². The van der Waals surface area contributed by atoms with E-state index in [1.165, 1.54) is 6.07 Å². The summed E-state index contributed by atoms with van der Waals surface area (Å²) in [5, 5.41) is 2.89. The molecule has 1 heterocycles. The molecular formula is C22H30N4O4S. The maximum atomic E-state index is 12.8. The molecule has 2 aromatic carbocycles. The lowest BCUT2D eigenvalue weighted by atomic mass is 10.2. The number of carbonyl (C=O) groups excluding carboxylic acids is 1. The zero-order valence-corrected chi connectivity index (χ0v) is 19.0. The fourth-order valence-electron chi connectivity index (χ4n) is 3.37. The first-order valence-electron chi connectivity index (χ1n) is 10.5. The van der Waals surface area contributed by atoms with Crippen molar-refractivity contribution in [2.45, 2.75) is 18.7 Å². The number of fused-ring (bicyclic) bond motifs is 1. The quantitative estimate of drug-likeness (QED) is 0.615. The standard InChI is InChI=1S/C22H30N4O4S/c1-4-26(5-2)13-12-23-22(27)17-6-8-18(9-7-17)24-31(28,29)19-10-11-21-20(16-19)25(3)14-15-30-21/h6-11,16,24H,4-5,12-15H2,1-3H3,(H,23,27). The number of likely N-dealkylation sites (N-methyl/N-ethyl adjacent to an activating group) is 2. The third kappa shape index (κ3) is 5.68. The van der Waals surface area contributed by atoms with E-state index in [4.69, 9.17) is 4.74 Å². The normalized spacial score (nSPS) is 13.5. The van der Waals surface area contributed by atoms with Gasteiger partial charge in [-0.2, -0.15) is 0 Å². The molecule has 3 rings (SSSR count). The number of nitrogens with one attached hydrogen (secondary N) is 2. The molecule has 9 heteroatoms. The van der Waals surface area contributed by atoms with Crippen LogP contribution in [0.2, 0.25) is 0 Å². The Morgan fingerprint density at radius 1 is 1.13 bits per heavy atom. The molecule has 2 aromatic rings. The van der Waals surface area contributed by atoms with Crippen molar-refractivity contribution in [2.24, 2.45) is 0 Å². The maximum Gasteiger partial charge on any atom is 0.261 e. The Hall–Kier alpha value is -2.78. The fourth-order valence-corrected chi connectivity index (χ4v) is 4.45. The first-order chi connectivity index (χ1) is 14.8. The van der Waals surface area contributed by atoms with Crippen molar-refractivity contribution in [1.29, 1.82) is 0 Å². The average Bonchev–Trinajstić information content (AvgIpc) is 2.77. The van der Waals surface area contributed by atoms with Gasteiger partial charge in [0, 0.05) is 31.4 Å². The minimum atomic E-state index is -3.77. The minimum Gasteiger partial charge on any atom is -0.490 e. The topological polar surface area (TPSA) is 91.0 Å². The third-order valence-electron chi connectivity index (χ3n) is 5.34. The van der Waals surface area contributed by atoms with E-state index in [-0.39, 0.29) is 10.8 Å². The van der Waals surface area contributed by atoms with Gasteiger partial charge in [-0.15, -0.1) is 0 Å². The van der Waals surface area contributed by atoms with Crippen molar-refractivity contribution < 1.29 is 17.9 Å². The van der Waals surface area contributed by atoms with Crippen molar-refractivity contribution in [3.05, 3.63) is 48.0 Å². The summed E-state index contributed by atoms with van der Waals surface area (Å²) < 4.78 is 33.8. The monoisotopic (exact) mass is 446 g/mol. The summed E-state index contributed by atoms with van der Waals surface area (Å²) in [6.07, 6.45) is 0. The molecule has 1 aliphatic heterocycles. The second kappa shape index (κ2) is 10.0. The van der Waals surface area contributed by atoms with Crippen LogP contribution in [0.25, 0.3) is 0 Å². The molecule has 0 radical (unpaired) electrons. The molecule has 0 aromatic heterocycles. The van der Waals surface area contributed by atoms with Crippen LogP contribution in [0.4, 0.5) is 11.4 Å². The molecule has 0 unspecified atom stereocenters. The van der Waals surface area contributed by atoms with Crippen LogP contribution in [-0.2, 0) is 10.0 Å². The number of anilines is 2. The second-order valence-corrected chi connectivity index (χ2v) is 9.05. The van der Waals surface area contributed by atoms with Crippen LogP contribution >= 0.6 is 0 Å². The number of benzene rings is 2. The van der Waals surface area contributed by atoms with Crippen molar-refractivity contribution >= 4 is 27.3 Å². The van der Waals surface area contributed by atoms with Crippen LogP contribution in [0.5, 0.6) is 5.75 Å². The van der Waals surface area contributed by atoms with E-state index in [1.54, 1.807) is 36.4 Å². The van der Waals surface area contributed by atoms with Gasteiger partial charge in [-0.05, 0) is 55.6 Å². The Morgan fingerprint density at radius 3 is 2.52 bits per heavy atom. The molecule has 2 N–H and O–H groups in total. The Labute approximate surface area is 184 Å². The molecule has 0 saturated heterocycles. The van der Waals surface area contributed by atoms with Crippen molar-refractivity contribution in [2.75, 3.05) is 56.0 Å². The number of sulfonamides is 1. The minimum absolute atomic E-state index is 0.154. The van der Waals surface area contributed by atoms with E-state index in [2.05, 4.69) is 28.8 Å². The molecule has 0 fully saturated rings. The molecule has 168 valence electrons. The summed E-state index contributed by atoms with van der Waals surface area (Å²) >= 11 is 0. The zero-order chi connectivity index (χ0) is 22.4. The summed E-state index contributed by atoms with van der Waals surface area (Å²) in [5.74, 6) is 0.489. The summed E-state index contributed by atoms with van der Waals surface area (Å²) in [6, 6.07) is 11.2. The fraction of sp³-hybridized carbons (Fsp3) is 0.409. The molecule has 0 aliphatic carbocycles. The molecule has 0 bridgehead atoms. The first-order valence-corrected chi connectivity index (χ1v) is 11.9. The van der Waals surface area contributed by atoms with Crippen LogP contribution in [0.1, 0.15) is 24.2 Å². The number of carbonyl (C=O) groups is 1. The smallest absolute Gasteiger partial charge is 0.261 e. The maximum absolute atomic E-state index is 12.8.